The van der Waals surface area contributed by atoms with Gasteiger partial charge in [-0.3, -0.25) is 0 Å². The van der Waals surface area contributed by atoms with E-state index in [2.05, 4.69) is 43.4 Å². The van der Waals surface area contributed by atoms with Crippen LogP contribution in [0.15, 0.2) is 24.3 Å². The summed E-state index contributed by atoms with van der Waals surface area (Å²) in [6.07, 6.45) is 0. The van der Waals surface area contributed by atoms with E-state index in [1.165, 1.54) is 11.1 Å². The number of rotatable bonds is 6. The van der Waals surface area contributed by atoms with Crippen LogP contribution in [-0.2, 0) is 4.74 Å². The lowest BCUT2D eigenvalue weighted by molar-refractivity contribution is 0.147. The molecule has 0 saturated heterocycles. The Balaban J connectivity index is 2.36. The summed E-state index contributed by atoms with van der Waals surface area (Å²) in [5, 5.41) is 3.44. The van der Waals surface area contributed by atoms with E-state index in [0.29, 0.717) is 6.04 Å². The Kier molecular flexibility index (Phi) is 5.37. The molecule has 1 N–H and O–H groups in total. The van der Waals surface area contributed by atoms with Crippen molar-refractivity contribution < 1.29 is 4.74 Å². The second-order valence-electron chi connectivity index (χ2n) is 3.79. The molecule has 0 radical (unpaired) electrons. The first-order valence-electron chi connectivity index (χ1n) is 5.61. The SMILES string of the molecule is CCOCCNC(C)c1cccc(C)c1. The number of hydrogen-bond acceptors (Lipinski definition) is 2. The highest BCUT2D eigenvalue weighted by Crippen LogP contribution is 2.13. The van der Waals surface area contributed by atoms with Gasteiger partial charge in [0.05, 0.1) is 6.61 Å². The van der Waals surface area contributed by atoms with Gasteiger partial charge in [0.25, 0.3) is 0 Å². The van der Waals surface area contributed by atoms with E-state index >= 15 is 0 Å². The summed E-state index contributed by atoms with van der Waals surface area (Å²) < 4.78 is 5.28. The number of aryl methyl sites for hydroxylation is 1. The van der Waals surface area contributed by atoms with Crippen molar-refractivity contribution in [3.05, 3.63) is 35.4 Å². The smallest absolute Gasteiger partial charge is 0.0590 e. The molecule has 1 aromatic rings. The average molecular weight is 207 g/mol. The van der Waals surface area contributed by atoms with Crippen molar-refractivity contribution in [1.29, 1.82) is 0 Å². The zero-order valence-corrected chi connectivity index (χ0v) is 9.92. The van der Waals surface area contributed by atoms with Crippen LogP contribution in [0.4, 0.5) is 0 Å². The van der Waals surface area contributed by atoms with Crippen molar-refractivity contribution in [2.45, 2.75) is 26.8 Å². The van der Waals surface area contributed by atoms with E-state index in [1.54, 1.807) is 0 Å². The Morgan fingerprint density at radius 3 is 2.87 bits per heavy atom. The predicted molar refractivity (Wildman–Crippen MR) is 64.1 cm³/mol. The van der Waals surface area contributed by atoms with Crippen molar-refractivity contribution in [3.8, 4) is 0 Å². The lowest BCUT2D eigenvalue weighted by atomic mass is 10.1. The number of nitrogens with one attached hydrogen (secondary N) is 1. The van der Waals surface area contributed by atoms with Crippen LogP contribution in [0.1, 0.15) is 31.0 Å². The van der Waals surface area contributed by atoms with Crippen LogP contribution in [0.25, 0.3) is 0 Å². The second-order valence-corrected chi connectivity index (χ2v) is 3.79. The van der Waals surface area contributed by atoms with Crippen LogP contribution in [0, 0.1) is 6.92 Å². The van der Waals surface area contributed by atoms with Crippen molar-refractivity contribution >= 4 is 0 Å². The van der Waals surface area contributed by atoms with E-state index < -0.39 is 0 Å². The lowest BCUT2D eigenvalue weighted by Gasteiger charge is -2.14. The lowest BCUT2D eigenvalue weighted by Crippen LogP contribution is -2.23. The fourth-order valence-corrected chi connectivity index (χ4v) is 1.55. The minimum Gasteiger partial charge on any atom is -0.380 e. The molecule has 1 unspecified atom stereocenters. The summed E-state index contributed by atoms with van der Waals surface area (Å²) in [6, 6.07) is 9.00. The van der Waals surface area contributed by atoms with Crippen LogP contribution in [-0.4, -0.2) is 19.8 Å². The van der Waals surface area contributed by atoms with Crippen molar-refractivity contribution in [1.82, 2.24) is 5.32 Å². The molecule has 0 aliphatic rings. The Hall–Kier alpha value is -0.860. The standard InChI is InChI=1S/C13H21NO/c1-4-15-9-8-14-12(3)13-7-5-6-11(2)10-13/h5-7,10,12,14H,4,8-9H2,1-3H3. The number of benzene rings is 1. The average Bonchev–Trinajstić information content (AvgIpc) is 2.24. The third-order valence-electron chi connectivity index (χ3n) is 2.44. The van der Waals surface area contributed by atoms with E-state index in [-0.39, 0.29) is 0 Å². The summed E-state index contributed by atoms with van der Waals surface area (Å²) >= 11 is 0. The molecule has 1 rings (SSSR count). The minimum absolute atomic E-state index is 0.394. The zero-order chi connectivity index (χ0) is 11.1. The van der Waals surface area contributed by atoms with Crippen LogP contribution >= 0.6 is 0 Å². The van der Waals surface area contributed by atoms with Gasteiger partial charge in [-0.25, -0.2) is 0 Å². The second kappa shape index (κ2) is 6.59. The molecular formula is C13H21NO. The third kappa shape index (κ3) is 4.45. The van der Waals surface area contributed by atoms with Gasteiger partial charge in [0, 0.05) is 19.2 Å². The molecule has 0 aromatic heterocycles. The van der Waals surface area contributed by atoms with Crippen LogP contribution in [0.2, 0.25) is 0 Å². The molecule has 0 saturated carbocycles. The molecule has 0 bridgehead atoms. The number of ether oxygens (including phenoxy) is 1. The van der Waals surface area contributed by atoms with Gasteiger partial charge in [0.1, 0.15) is 0 Å². The Morgan fingerprint density at radius 1 is 1.40 bits per heavy atom. The largest absolute Gasteiger partial charge is 0.380 e. The first kappa shape index (κ1) is 12.2. The first-order valence-corrected chi connectivity index (χ1v) is 5.61. The quantitative estimate of drug-likeness (QED) is 0.724. The predicted octanol–water partition coefficient (Wildman–Crippen LogP) is 2.68. The van der Waals surface area contributed by atoms with Gasteiger partial charge in [0.2, 0.25) is 0 Å². The molecule has 0 aliphatic heterocycles. The molecule has 0 spiro atoms. The first-order chi connectivity index (χ1) is 7.24. The van der Waals surface area contributed by atoms with Gasteiger partial charge in [-0.05, 0) is 26.3 Å². The fraction of sp³-hybridized carbons (Fsp3) is 0.538. The van der Waals surface area contributed by atoms with Crippen LogP contribution in [0.5, 0.6) is 0 Å². The van der Waals surface area contributed by atoms with Gasteiger partial charge in [0.15, 0.2) is 0 Å². The minimum atomic E-state index is 0.394. The van der Waals surface area contributed by atoms with Gasteiger partial charge in [-0.15, -0.1) is 0 Å². The molecule has 0 fully saturated rings. The molecule has 0 amide bonds. The van der Waals surface area contributed by atoms with Crippen molar-refractivity contribution in [3.63, 3.8) is 0 Å². The molecule has 0 heterocycles. The van der Waals surface area contributed by atoms with Crippen LogP contribution in [0.3, 0.4) is 0 Å². The normalized spacial score (nSPS) is 12.7. The highest BCUT2D eigenvalue weighted by atomic mass is 16.5. The van der Waals surface area contributed by atoms with Gasteiger partial charge >= 0.3 is 0 Å². The zero-order valence-electron chi connectivity index (χ0n) is 9.92. The third-order valence-corrected chi connectivity index (χ3v) is 2.44. The highest BCUT2D eigenvalue weighted by Gasteiger charge is 2.03. The Bertz CT molecular complexity index is 286. The summed E-state index contributed by atoms with van der Waals surface area (Å²) in [5.41, 5.74) is 2.65. The fourth-order valence-electron chi connectivity index (χ4n) is 1.55. The van der Waals surface area contributed by atoms with E-state index in [0.717, 1.165) is 19.8 Å². The topological polar surface area (TPSA) is 21.3 Å². The Morgan fingerprint density at radius 2 is 2.20 bits per heavy atom. The maximum absolute atomic E-state index is 5.28. The molecule has 1 aromatic carbocycles. The molecule has 1 atom stereocenters. The molecule has 15 heavy (non-hydrogen) atoms. The molecule has 2 heteroatoms. The molecule has 84 valence electrons. The van der Waals surface area contributed by atoms with E-state index in [4.69, 9.17) is 4.74 Å². The van der Waals surface area contributed by atoms with Crippen molar-refractivity contribution in [2.24, 2.45) is 0 Å². The monoisotopic (exact) mass is 207 g/mol. The summed E-state index contributed by atoms with van der Waals surface area (Å²) in [4.78, 5) is 0. The molecule has 0 aliphatic carbocycles. The maximum atomic E-state index is 5.28. The van der Waals surface area contributed by atoms with E-state index in [1.807, 2.05) is 6.92 Å². The van der Waals surface area contributed by atoms with E-state index in [9.17, 15) is 0 Å². The Labute approximate surface area is 92.6 Å². The summed E-state index contributed by atoms with van der Waals surface area (Å²) in [6.45, 7) is 8.80. The molecule has 2 nitrogen and oxygen atoms in total. The van der Waals surface area contributed by atoms with Crippen molar-refractivity contribution in [2.75, 3.05) is 19.8 Å². The van der Waals surface area contributed by atoms with Gasteiger partial charge in [-0.1, -0.05) is 29.8 Å². The maximum Gasteiger partial charge on any atom is 0.0590 e. The van der Waals surface area contributed by atoms with Gasteiger partial charge < -0.3 is 10.1 Å². The van der Waals surface area contributed by atoms with Gasteiger partial charge in [-0.2, -0.15) is 0 Å². The highest BCUT2D eigenvalue weighted by molar-refractivity contribution is 5.24. The van der Waals surface area contributed by atoms with Crippen LogP contribution < -0.4 is 5.32 Å². The molecular weight excluding hydrogens is 186 g/mol. The summed E-state index contributed by atoms with van der Waals surface area (Å²) in [7, 11) is 0. The summed E-state index contributed by atoms with van der Waals surface area (Å²) in [5.74, 6) is 0. The number of hydrogen-bond donors (Lipinski definition) is 1.